The van der Waals surface area contributed by atoms with Gasteiger partial charge in [-0.05, 0) is 83.5 Å². The molecule has 0 aromatic heterocycles. The Labute approximate surface area is 370 Å². The van der Waals surface area contributed by atoms with Crippen molar-refractivity contribution in [1.29, 1.82) is 0 Å². The molecule has 0 bridgehead atoms. The van der Waals surface area contributed by atoms with Crippen LogP contribution < -0.4 is 5.32 Å². The maximum atomic E-state index is 13.2. The van der Waals surface area contributed by atoms with Gasteiger partial charge in [0.2, 0.25) is 5.91 Å². The molecule has 0 aliphatic carbocycles. The lowest BCUT2D eigenvalue weighted by Gasteiger charge is -2.24. The van der Waals surface area contributed by atoms with E-state index in [2.05, 4.69) is 99.0 Å². The quantitative estimate of drug-likeness (QED) is 0.0246. The molecule has 0 saturated heterocycles. The van der Waals surface area contributed by atoms with E-state index in [1.165, 1.54) is 70.6 Å². The van der Waals surface area contributed by atoms with Crippen molar-refractivity contribution in [1.82, 2.24) is 5.32 Å². The van der Waals surface area contributed by atoms with E-state index >= 15 is 0 Å². The number of nitrogens with one attached hydrogen (secondary N) is 1. The van der Waals surface area contributed by atoms with E-state index in [9.17, 15) is 19.8 Å². The zero-order valence-corrected chi connectivity index (χ0v) is 39.1. The molecule has 0 aliphatic heterocycles. The van der Waals surface area contributed by atoms with Crippen molar-refractivity contribution in [3.63, 3.8) is 0 Å². The van der Waals surface area contributed by atoms with E-state index in [0.29, 0.717) is 19.3 Å². The molecule has 3 atom stereocenters. The average molecular weight is 836 g/mol. The van der Waals surface area contributed by atoms with E-state index in [-0.39, 0.29) is 24.9 Å². The van der Waals surface area contributed by atoms with Crippen LogP contribution in [0.15, 0.2) is 85.1 Å². The van der Waals surface area contributed by atoms with Gasteiger partial charge in [0, 0.05) is 6.42 Å². The molecule has 6 nitrogen and oxygen atoms in total. The minimum Gasteiger partial charge on any atom is -0.462 e. The lowest BCUT2D eigenvalue weighted by atomic mass is 10.0. The van der Waals surface area contributed by atoms with Crippen molar-refractivity contribution < 1.29 is 24.5 Å². The van der Waals surface area contributed by atoms with Crippen LogP contribution in [-0.2, 0) is 14.3 Å². The summed E-state index contributed by atoms with van der Waals surface area (Å²) in [5.41, 5.74) is 0. The number of carbonyl (C=O) groups excluding carboxylic acids is 2. The van der Waals surface area contributed by atoms with Crippen LogP contribution in [0.2, 0.25) is 0 Å². The van der Waals surface area contributed by atoms with E-state index in [4.69, 9.17) is 4.74 Å². The highest BCUT2D eigenvalue weighted by Gasteiger charge is 2.24. The van der Waals surface area contributed by atoms with Crippen molar-refractivity contribution in [2.75, 3.05) is 6.61 Å². The summed E-state index contributed by atoms with van der Waals surface area (Å²) in [6, 6.07) is -0.723. The van der Waals surface area contributed by atoms with Crippen LogP contribution in [0.1, 0.15) is 220 Å². The summed E-state index contributed by atoms with van der Waals surface area (Å²) in [6.45, 7) is 6.21. The summed E-state index contributed by atoms with van der Waals surface area (Å²) >= 11 is 0. The Morgan fingerprint density at radius 3 is 1.55 bits per heavy atom. The third-order valence-electron chi connectivity index (χ3n) is 10.8. The van der Waals surface area contributed by atoms with Gasteiger partial charge in [-0.2, -0.15) is 0 Å². The molecule has 6 heteroatoms. The zero-order chi connectivity index (χ0) is 43.8. The summed E-state index contributed by atoms with van der Waals surface area (Å²) < 4.78 is 5.89. The first kappa shape index (κ1) is 57.0. The first-order valence-corrected chi connectivity index (χ1v) is 24.8. The maximum Gasteiger partial charge on any atom is 0.306 e. The largest absolute Gasteiger partial charge is 0.462 e. The van der Waals surface area contributed by atoms with Crippen molar-refractivity contribution in [3.8, 4) is 0 Å². The normalized spacial score (nSPS) is 14.0. The van der Waals surface area contributed by atoms with Crippen LogP contribution in [0.3, 0.4) is 0 Å². The van der Waals surface area contributed by atoms with Crippen LogP contribution in [0, 0.1) is 0 Å². The Kier molecular flexibility index (Phi) is 44.8. The van der Waals surface area contributed by atoms with E-state index in [1.807, 2.05) is 12.2 Å². The monoisotopic (exact) mass is 836 g/mol. The number of ether oxygens (including phenoxy) is 1. The number of aliphatic hydroxyl groups excluding tert-OH is 2. The molecule has 0 radical (unpaired) electrons. The van der Waals surface area contributed by atoms with Crippen LogP contribution in [-0.4, -0.2) is 46.9 Å². The Bertz CT molecular complexity index is 1160. The number of allylic oxidation sites excluding steroid dienone is 14. The molecule has 0 saturated carbocycles. The number of hydrogen-bond acceptors (Lipinski definition) is 5. The fourth-order valence-electron chi connectivity index (χ4n) is 7.07. The van der Waals surface area contributed by atoms with Crippen LogP contribution in [0.4, 0.5) is 0 Å². The Morgan fingerprint density at radius 1 is 0.517 bits per heavy atom. The highest BCUT2D eigenvalue weighted by Crippen LogP contribution is 2.17. The van der Waals surface area contributed by atoms with Crippen molar-refractivity contribution in [2.45, 2.75) is 238 Å². The third kappa shape index (κ3) is 41.8. The minimum atomic E-state index is -0.806. The number of amides is 1. The van der Waals surface area contributed by atoms with Gasteiger partial charge < -0.3 is 20.3 Å². The van der Waals surface area contributed by atoms with Gasteiger partial charge in [0.15, 0.2) is 0 Å². The fraction of sp³-hybridized carbons (Fsp3) is 0.704. The standard InChI is InChI=1S/C54H93NO5/c1-4-7-10-13-16-19-22-24-26-27-29-32-35-38-41-44-47-54(59)60-50(45-42-39-36-33-30-21-18-15-12-9-6-3)48-53(58)55-51(49-56)52(57)46-43-40-37-34-31-28-25-23-20-17-14-11-8-5-2/h7,9-10,12,15-16,18-19,21,24,26,29-30,32,50-52,56-57H,4-6,8,11,13-14,17,20,22-23,25,27-28,31,33-49H2,1-3H3,(H,55,58)/b10-7+,12-9+,18-15+,19-16+,26-24+,30-21-,32-29+. The number of hydrogen-bond donors (Lipinski definition) is 3. The number of unbranched alkanes of at least 4 members (excludes halogenated alkanes) is 19. The summed E-state index contributed by atoms with van der Waals surface area (Å²) in [6.07, 6.45) is 60.7. The van der Waals surface area contributed by atoms with Gasteiger partial charge in [-0.3, -0.25) is 9.59 Å². The summed E-state index contributed by atoms with van der Waals surface area (Å²) in [5.74, 6) is -0.552. The Morgan fingerprint density at radius 2 is 0.983 bits per heavy atom. The number of aliphatic hydroxyl groups is 2. The smallest absolute Gasteiger partial charge is 0.306 e. The van der Waals surface area contributed by atoms with E-state index in [0.717, 1.165) is 103 Å². The van der Waals surface area contributed by atoms with E-state index < -0.39 is 18.2 Å². The minimum absolute atomic E-state index is 0.0373. The van der Waals surface area contributed by atoms with Gasteiger partial charge in [-0.15, -0.1) is 0 Å². The summed E-state index contributed by atoms with van der Waals surface area (Å²) in [5, 5.41) is 23.7. The molecule has 0 spiro atoms. The molecular formula is C54H93NO5. The summed E-state index contributed by atoms with van der Waals surface area (Å²) in [4.78, 5) is 26.1. The third-order valence-corrected chi connectivity index (χ3v) is 10.8. The lowest BCUT2D eigenvalue weighted by Crippen LogP contribution is -2.46. The SMILES string of the molecule is CC/C=C/C=C/C=C\CCCCCC(CC(=O)NC(CO)C(O)CCCCCCCCCCCCCCCC)OC(=O)CCCCC/C=C/C/C=C/C/C=C/C/C=C/CC. The molecule has 0 aliphatic rings. The van der Waals surface area contributed by atoms with Crippen molar-refractivity contribution in [3.05, 3.63) is 85.1 Å². The predicted molar refractivity (Wildman–Crippen MR) is 259 cm³/mol. The second kappa shape index (κ2) is 47.1. The van der Waals surface area contributed by atoms with E-state index in [1.54, 1.807) is 0 Å². The molecular weight excluding hydrogens is 743 g/mol. The number of rotatable bonds is 43. The molecule has 0 rings (SSSR count). The molecule has 1 amide bonds. The predicted octanol–water partition coefficient (Wildman–Crippen LogP) is 14.8. The zero-order valence-electron chi connectivity index (χ0n) is 39.1. The number of carbonyl (C=O) groups is 2. The van der Waals surface area contributed by atoms with Gasteiger partial charge in [-0.25, -0.2) is 0 Å². The van der Waals surface area contributed by atoms with Crippen LogP contribution in [0.5, 0.6) is 0 Å². The second-order valence-corrected chi connectivity index (χ2v) is 16.5. The highest BCUT2D eigenvalue weighted by atomic mass is 16.5. The first-order chi connectivity index (χ1) is 29.5. The lowest BCUT2D eigenvalue weighted by molar-refractivity contribution is -0.151. The van der Waals surface area contributed by atoms with Gasteiger partial charge >= 0.3 is 5.97 Å². The fourth-order valence-corrected chi connectivity index (χ4v) is 7.07. The molecule has 3 unspecified atom stereocenters. The Hall–Kier alpha value is -2.96. The van der Waals surface area contributed by atoms with Gasteiger partial charge in [0.05, 0.1) is 25.2 Å². The average Bonchev–Trinajstić information content (AvgIpc) is 3.24. The first-order valence-electron chi connectivity index (χ1n) is 24.8. The van der Waals surface area contributed by atoms with Crippen LogP contribution >= 0.6 is 0 Å². The van der Waals surface area contributed by atoms with Crippen molar-refractivity contribution in [2.24, 2.45) is 0 Å². The number of esters is 1. The Balaban J connectivity index is 4.63. The van der Waals surface area contributed by atoms with Gasteiger partial charge in [0.25, 0.3) is 0 Å². The molecule has 3 N–H and O–H groups in total. The second-order valence-electron chi connectivity index (χ2n) is 16.5. The molecule has 0 aromatic rings. The molecule has 0 heterocycles. The highest BCUT2D eigenvalue weighted by molar-refractivity contribution is 5.77. The molecule has 60 heavy (non-hydrogen) atoms. The van der Waals surface area contributed by atoms with Gasteiger partial charge in [0.1, 0.15) is 6.10 Å². The molecule has 0 aromatic carbocycles. The van der Waals surface area contributed by atoms with Crippen LogP contribution in [0.25, 0.3) is 0 Å². The van der Waals surface area contributed by atoms with Gasteiger partial charge in [-0.1, -0.05) is 209 Å². The summed E-state index contributed by atoms with van der Waals surface area (Å²) in [7, 11) is 0. The van der Waals surface area contributed by atoms with Crippen molar-refractivity contribution >= 4 is 11.9 Å². The molecule has 344 valence electrons. The molecule has 0 fully saturated rings. The maximum absolute atomic E-state index is 13.2. The topological polar surface area (TPSA) is 95.9 Å².